The maximum atomic E-state index is 5.66. The van der Waals surface area contributed by atoms with Gasteiger partial charge in [-0.3, -0.25) is 0 Å². The van der Waals surface area contributed by atoms with Crippen molar-refractivity contribution in [3.05, 3.63) is 29.6 Å². The molecule has 6 heteroatoms. The van der Waals surface area contributed by atoms with E-state index in [-0.39, 0.29) is 0 Å². The molecule has 0 saturated carbocycles. The molecular weight excluding hydrogens is 240 g/mol. The quantitative estimate of drug-likeness (QED) is 0.728. The van der Waals surface area contributed by atoms with Crippen LogP contribution in [0.2, 0.25) is 0 Å². The number of fused-ring (bicyclic) bond motifs is 1. The van der Waals surface area contributed by atoms with E-state index in [1.54, 1.807) is 6.07 Å². The van der Waals surface area contributed by atoms with Gasteiger partial charge in [0, 0.05) is 5.56 Å². The van der Waals surface area contributed by atoms with Crippen molar-refractivity contribution in [2.24, 2.45) is 0 Å². The van der Waals surface area contributed by atoms with Crippen molar-refractivity contribution in [3.63, 3.8) is 0 Å². The van der Waals surface area contributed by atoms with E-state index in [4.69, 9.17) is 5.73 Å². The number of nitrogens with zero attached hydrogens (tertiary/aromatic N) is 4. The van der Waals surface area contributed by atoms with Gasteiger partial charge in [-0.1, -0.05) is 6.92 Å². The van der Waals surface area contributed by atoms with Gasteiger partial charge in [0.15, 0.2) is 5.65 Å². The first-order valence-corrected chi connectivity index (χ1v) is 6.13. The standard InChI is InChI=1S/C13H14N6/c1-3-9-8(6-7(2)18-19-9)12-15-10-4-5-11(14)16-13(10)17-12/h4-6H,3H2,1-2H3,(H3,14,15,16,17). The van der Waals surface area contributed by atoms with E-state index < -0.39 is 0 Å². The minimum absolute atomic E-state index is 0.463. The van der Waals surface area contributed by atoms with Crippen molar-refractivity contribution in [3.8, 4) is 11.4 Å². The second-order valence-corrected chi connectivity index (χ2v) is 4.39. The Hall–Kier alpha value is -2.50. The average Bonchev–Trinajstić information content (AvgIpc) is 2.81. The Balaban J connectivity index is 2.21. The molecule has 0 unspecified atom stereocenters. The zero-order chi connectivity index (χ0) is 13.4. The normalized spacial score (nSPS) is 11.1. The zero-order valence-corrected chi connectivity index (χ0v) is 10.8. The first kappa shape index (κ1) is 11.6. The number of nitrogens with one attached hydrogen (secondary N) is 1. The lowest BCUT2D eigenvalue weighted by molar-refractivity contribution is 0.893. The Morgan fingerprint density at radius 2 is 2.05 bits per heavy atom. The van der Waals surface area contributed by atoms with Crippen LogP contribution in [0.5, 0.6) is 0 Å². The first-order chi connectivity index (χ1) is 9.17. The molecule has 3 heterocycles. The van der Waals surface area contributed by atoms with Gasteiger partial charge < -0.3 is 10.7 Å². The van der Waals surface area contributed by atoms with Crippen LogP contribution < -0.4 is 5.73 Å². The summed E-state index contributed by atoms with van der Waals surface area (Å²) in [5.41, 5.74) is 9.88. The molecule has 96 valence electrons. The highest BCUT2D eigenvalue weighted by atomic mass is 15.1. The van der Waals surface area contributed by atoms with E-state index in [0.29, 0.717) is 11.5 Å². The van der Waals surface area contributed by atoms with E-state index in [1.807, 2.05) is 26.0 Å². The minimum atomic E-state index is 0.463. The average molecular weight is 254 g/mol. The highest BCUT2D eigenvalue weighted by Crippen LogP contribution is 2.23. The fourth-order valence-corrected chi connectivity index (χ4v) is 2.02. The summed E-state index contributed by atoms with van der Waals surface area (Å²) in [6.07, 6.45) is 0.801. The van der Waals surface area contributed by atoms with Crippen molar-refractivity contribution < 1.29 is 0 Å². The maximum absolute atomic E-state index is 5.66. The van der Waals surface area contributed by atoms with Crippen molar-refractivity contribution in [1.29, 1.82) is 0 Å². The number of hydrogen-bond acceptors (Lipinski definition) is 5. The van der Waals surface area contributed by atoms with Gasteiger partial charge in [-0.05, 0) is 31.5 Å². The van der Waals surface area contributed by atoms with Gasteiger partial charge in [0.1, 0.15) is 11.6 Å². The highest BCUT2D eigenvalue weighted by molar-refractivity contribution is 5.77. The lowest BCUT2D eigenvalue weighted by Crippen LogP contribution is -1.98. The molecule has 3 N–H and O–H groups in total. The molecule has 0 radical (unpaired) electrons. The first-order valence-electron chi connectivity index (χ1n) is 6.13. The molecule has 0 aromatic carbocycles. The lowest BCUT2D eigenvalue weighted by Gasteiger charge is -2.03. The van der Waals surface area contributed by atoms with Gasteiger partial charge in [0.2, 0.25) is 0 Å². The molecule has 0 bridgehead atoms. The van der Waals surface area contributed by atoms with Crippen molar-refractivity contribution >= 4 is 17.0 Å². The van der Waals surface area contributed by atoms with Gasteiger partial charge in [-0.2, -0.15) is 10.2 Å². The van der Waals surface area contributed by atoms with E-state index >= 15 is 0 Å². The summed E-state index contributed by atoms with van der Waals surface area (Å²) in [6.45, 7) is 3.95. The van der Waals surface area contributed by atoms with Crippen LogP contribution in [0.15, 0.2) is 18.2 Å². The molecule has 3 rings (SSSR count). The lowest BCUT2D eigenvalue weighted by atomic mass is 10.1. The molecule has 0 aliphatic heterocycles. The van der Waals surface area contributed by atoms with Crippen LogP contribution in [0, 0.1) is 6.92 Å². The fourth-order valence-electron chi connectivity index (χ4n) is 2.02. The molecule has 0 fully saturated rings. The number of aryl methyl sites for hydroxylation is 2. The largest absolute Gasteiger partial charge is 0.384 e. The number of H-pyrrole nitrogens is 1. The number of hydrogen-bond donors (Lipinski definition) is 2. The van der Waals surface area contributed by atoms with Crippen LogP contribution >= 0.6 is 0 Å². The number of anilines is 1. The molecule has 3 aromatic rings. The van der Waals surface area contributed by atoms with E-state index in [0.717, 1.165) is 34.7 Å². The Bertz CT molecular complexity index is 746. The summed E-state index contributed by atoms with van der Waals surface area (Å²) in [6, 6.07) is 5.61. The SMILES string of the molecule is CCc1nnc(C)cc1-c1nc2nc(N)ccc2[nH]1. The molecule has 0 amide bonds. The minimum Gasteiger partial charge on any atom is -0.384 e. The Labute approximate surface area is 110 Å². The molecule has 0 aliphatic carbocycles. The number of pyridine rings is 1. The number of nitrogen functional groups attached to an aromatic ring is 1. The third-order valence-corrected chi connectivity index (χ3v) is 2.95. The van der Waals surface area contributed by atoms with Crippen LogP contribution in [0.4, 0.5) is 5.82 Å². The highest BCUT2D eigenvalue weighted by Gasteiger charge is 2.12. The summed E-state index contributed by atoms with van der Waals surface area (Å²) >= 11 is 0. The molecular formula is C13H14N6. The van der Waals surface area contributed by atoms with Crippen LogP contribution in [0.1, 0.15) is 18.3 Å². The molecule has 0 spiro atoms. The predicted octanol–water partition coefficient (Wildman–Crippen LogP) is 1.87. The van der Waals surface area contributed by atoms with E-state index in [2.05, 4.69) is 25.1 Å². The van der Waals surface area contributed by atoms with Gasteiger partial charge in [0.05, 0.1) is 16.9 Å². The Kier molecular flexibility index (Phi) is 2.63. The number of nitrogens with two attached hydrogens (primary N) is 1. The van der Waals surface area contributed by atoms with E-state index in [9.17, 15) is 0 Å². The fraction of sp³-hybridized carbons (Fsp3) is 0.231. The van der Waals surface area contributed by atoms with Crippen molar-refractivity contribution in [1.82, 2.24) is 25.1 Å². The smallest absolute Gasteiger partial charge is 0.180 e. The second kappa shape index (κ2) is 4.31. The van der Waals surface area contributed by atoms with Crippen LogP contribution in [0.3, 0.4) is 0 Å². The summed E-state index contributed by atoms with van der Waals surface area (Å²) in [4.78, 5) is 11.9. The number of rotatable bonds is 2. The number of aromatic nitrogens is 5. The van der Waals surface area contributed by atoms with Gasteiger partial charge in [-0.25, -0.2) is 9.97 Å². The second-order valence-electron chi connectivity index (χ2n) is 4.39. The van der Waals surface area contributed by atoms with Crippen molar-refractivity contribution in [2.45, 2.75) is 20.3 Å². The summed E-state index contributed by atoms with van der Waals surface area (Å²) in [5, 5.41) is 8.28. The van der Waals surface area contributed by atoms with Crippen molar-refractivity contribution in [2.75, 3.05) is 5.73 Å². The van der Waals surface area contributed by atoms with Crippen LogP contribution in [-0.4, -0.2) is 25.1 Å². The van der Waals surface area contributed by atoms with Crippen LogP contribution in [-0.2, 0) is 6.42 Å². The molecule has 19 heavy (non-hydrogen) atoms. The summed E-state index contributed by atoms with van der Waals surface area (Å²) in [5.74, 6) is 1.22. The molecule has 3 aromatic heterocycles. The van der Waals surface area contributed by atoms with Crippen LogP contribution in [0.25, 0.3) is 22.6 Å². The molecule has 0 saturated heterocycles. The third kappa shape index (κ3) is 2.01. The summed E-state index contributed by atoms with van der Waals surface area (Å²) < 4.78 is 0. The van der Waals surface area contributed by atoms with Gasteiger partial charge in [-0.15, -0.1) is 0 Å². The topological polar surface area (TPSA) is 93.4 Å². The number of aromatic amines is 1. The zero-order valence-electron chi connectivity index (χ0n) is 10.8. The van der Waals surface area contributed by atoms with Gasteiger partial charge >= 0.3 is 0 Å². The predicted molar refractivity (Wildman–Crippen MR) is 73.4 cm³/mol. The monoisotopic (exact) mass is 254 g/mol. The van der Waals surface area contributed by atoms with E-state index in [1.165, 1.54) is 0 Å². The Morgan fingerprint density at radius 1 is 1.21 bits per heavy atom. The third-order valence-electron chi connectivity index (χ3n) is 2.95. The molecule has 6 nitrogen and oxygen atoms in total. The molecule has 0 aliphatic rings. The van der Waals surface area contributed by atoms with Gasteiger partial charge in [0.25, 0.3) is 0 Å². The number of imidazole rings is 1. The molecule has 0 atom stereocenters. The Morgan fingerprint density at radius 3 is 2.84 bits per heavy atom. The maximum Gasteiger partial charge on any atom is 0.180 e. The summed E-state index contributed by atoms with van der Waals surface area (Å²) in [7, 11) is 0.